The summed E-state index contributed by atoms with van der Waals surface area (Å²) in [6, 6.07) is 9.72. The van der Waals surface area contributed by atoms with Gasteiger partial charge in [0.05, 0.1) is 4.92 Å². The zero-order chi connectivity index (χ0) is 12.5. The Balaban J connectivity index is 0.00000133. The molecule has 0 saturated heterocycles. The van der Waals surface area contributed by atoms with Gasteiger partial charge in [0.1, 0.15) is 0 Å². The van der Waals surface area contributed by atoms with E-state index in [2.05, 4.69) is 9.97 Å². The number of fused-ring (bicyclic) bond motifs is 1. The van der Waals surface area contributed by atoms with E-state index in [1.54, 1.807) is 18.3 Å². The highest BCUT2D eigenvalue weighted by Crippen LogP contribution is 2.23. The van der Waals surface area contributed by atoms with Crippen molar-refractivity contribution < 1.29 is 31.3 Å². The Morgan fingerprint density at radius 3 is 2.58 bits per heavy atom. The number of hydrogen-bond donors (Lipinski definition) is 0. The van der Waals surface area contributed by atoms with Crippen LogP contribution in [0.5, 0.6) is 0 Å². The number of nitro groups is 1. The number of pyridine rings is 1. The maximum Gasteiger partial charge on any atom is 0.399 e. The molecule has 0 amide bonds. The molecule has 0 aliphatic heterocycles. The number of non-ortho nitro benzene ring substituents is 1. The molecule has 3 rings (SSSR count). The molecule has 7 heteroatoms. The number of halogens is 1. The first-order chi connectivity index (χ1) is 8.74. The van der Waals surface area contributed by atoms with E-state index < -0.39 is 4.92 Å². The third-order valence-electron chi connectivity index (χ3n) is 2.54. The zero-order valence-corrected chi connectivity index (χ0v) is 11.1. The molecule has 2 heterocycles. The van der Waals surface area contributed by atoms with Gasteiger partial charge in [-0.2, -0.15) is 4.98 Å². The van der Waals surface area contributed by atoms with Crippen molar-refractivity contribution in [2.24, 2.45) is 0 Å². The molecule has 0 atom stereocenters. The van der Waals surface area contributed by atoms with Crippen LogP contribution < -0.4 is 22.0 Å². The first kappa shape index (κ1) is 13.2. The maximum absolute atomic E-state index is 10.6. The molecule has 1 N–H and O–H groups in total. The summed E-state index contributed by atoms with van der Waals surface area (Å²) in [6.45, 7) is 0. The van der Waals surface area contributed by atoms with Crippen molar-refractivity contribution in [2.45, 2.75) is 0 Å². The molecule has 19 heavy (non-hydrogen) atoms. The van der Waals surface area contributed by atoms with Crippen molar-refractivity contribution in [1.82, 2.24) is 4.98 Å². The Labute approximate surface area is 118 Å². The quantitative estimate of drug-likeness (QED) is 0.458. The lowest BCUT2D eigenvalue weighted by Crippen LogP contribution is -3.00. The number of benzene rings is 1. The maximum atomic E-state index is 10.6. The first-order valence-corrected chi connectivity index (χ1v) is 5.26. The zero-order valence-electron chi connectivity index (χ0n) is 9.54. The van der Waals surface area contributed by atoms with Crippen LogP contribution in [0.1, 0.15) is 0 Å². The minimum atomic E-state index is -0.441. The molecule has 0 aliphatic carbocycles. The molecule has 0 spiro atoms. The van der Waals surface area contributed by atoms with Crippen molar-refractivity contribution in [3.8, 4) is 11.5 Å². The van der Waals surface area contributed by atoms with Crippen molar-refractivity contribution in [3.63, 3.8) is 0 Å². The molecule has 0 aliphatic rings. The molecule has 0 radical (unpaired) electrons. The number of nitro benzene ring substituents is 1. The summed E-state index contributed by atoms with van der Waals surface area (Å²) in [5.41, 5.74) is 2.03. The number of nitrogens with one attached hydrogen (secondary N) is 1. The lowest BCUT2D eigenvalue weighted by Gasteiger charge is -1.93. The van der Waals surface area contributed by atoms with Gasteiger partial charge in [0.15, 0.2) is 11.7 Å². The molecule has 6 nitrogen and oxygen atoms in total. The summed E-state index contributed by atoms with van der Waals surface area (Å²) in [5, 5.41) is 10.6. The molecular formula is C12H8BrN3O3. The van der Waals surface area contributed by atoms with E-state index in [-0.39, 0.29) is 22.7 Å². The van der Waals surface area contributed by atoms with Gasteiger partial charge in [-0.05, 0) is 18.2 Å². The molecule has 0 bridgehead atoms. The fourth-order valence-electron chi connectivity index (χ4n) is 1.66. The summed E-state index contributed by atoms with van der Waals surface area (Å²) in [5.74, 6) is 0.433. The third kappa shape index (κ3) is 2.45. The van der Waals surface area contributed by atoms with Crippen LogP contribution in [0.25, 0.3) is 22.7 Å². The number of hydrogen-bond acceptors (Lipinski definition) is 4. The Bertz CT molecular complexity index is 691. The highest BCUT2D eigenvalue weighted by molar-refractivity contribution is 5.69. The van der Waals surface area contributed by atoms with Crippen LogP contribution in [0.4, 0.5) is 5.69 Å². The molecular weight excluding hydrogens is 314 g/mol. The fourth-order valence-corrected chi connectivity index (χ4v) is 1.66. The second-order valence-corrected chi connectivity index (χ2v) is 3.71. The predicted octanol–water partition coefficient (Wildman–Crippen LogP) is -0.779. The van der Waals surface area contributed by atoms with Crippen LogP contribution in [-0.2, 0) is 0 Å². The summed E-state index contributed by atoms with van der Waals surface area (Å²) in [6.07, 6.45) is 1.74. The molecule has 1 aromatic carbocycles. The van der Waals surface area contributed by atoms with Gasteiger partial charge < -0.3 is 21.4 Å². The second-order valence-electron chi connectivity index (χ2n) is 3.71. The van der Waals surface area contributed by atoms with Gasteiger partial charge >= 0.3 is 5.71 Å². The topological polar surface area (TPSA) is 83.3 Å². The smallest absolute Gasteiger partial charge is 0.399 e. The van der Waals surface area contributed by atoms with Crippen molar-refractivity contribution in [3.05, 3.63) is 52.7 Å². The van der Waals surface area contributed by atoms with Crippen molar-refractivity contribution >= 4 is 16.9 Å². The van der Waals surface area contributed by atoms with Crippen LogP contribution in [0.3, 0.4) is 0 Å². The van der Waals surface area contributed by atoms with Crippen LogP contribution in [0.15, 0.2) is 47.0 Å². The highest BCUT2D eigenvalue weighted by Gasteiger charge is 2.13. The number of nitrogens with zero attached hydrogens (tertiary/aromatic N) is 2. The summed E-state index contributed by atoms with van der Waals surface area (Å²) >= 11 is 0. The Morgan fingerprint density at radius 2 is 1.95 bits per heavy atom. The number of oxazole rings is 1. The highest BCUT2D eigenvalue weighted by atomic mass is 79.9. The van der Waals surface area contributed by atoms with E-state index >= 15 is 0 Å². The summed E-state index contributed by atoms with van der Waals surface area (Å²) in [4.78, 5) is 17.3. The largest absolute Gasteiger partial charge is 1.00 e. The normalized spacial score (nSPS) is 10.1. The Morgan fingerprint density at radius 1 is 1.21 bits per heavy atom. The standard InChI is InChI=1S/C12H7N3O3.BrH/c16-15(17)9-5-3-8(4-6-9)11-14-10-2-1-7-13-12(10)18-11;/h1-7H;1H. The molecule has 96 valence electrons. The summed E-state index contributed by atoms with van der Waals surface area (Å²) in [7, 11) is 0. The van der Waals surface area contributed by atoms with Crippen LogP contribution in [0.2, 0.25) is 0 Å². The Kier molecular flexibility index (Phi) is 3.57. The van der Waals surface area contributed by atoms with Gasteiger partial charge in [0.25, 0.3) is 5.69 Å². The van der Waals surface area contributed by atoms with Gasteiger partial charge in [0.2, 0.25) is 5.89 Å². The van der Waals surface area contributed by atoms with E-state index in [0.717, 1.165) is 0 Å². The van der Waals surface area contributed by atoms with Crippen molar-refractivity contribution in [1.29, 1.82) is 0 Å². The van der Waals surface area contributed by atoms with Crippen LogP contribution in [0, 0.1) is 10.1 Å². The fraction of sp³-hybridized carbons (Fsp3) is 0. The van der Waals surface area contributed by atoms with Crippen molar-refractivity contribution in [2.75, 3.05) is 0 Å². The predicted molar refractivity (Wildman–Crippen MR) is 62.7 cm³/mol. The average molecular weight is 322 g/mol. The second kappa shape index (κ2) is 5.15. The SMILES string of the molecule is O=[N+]([O-])c1ccc(-c2nc3ccc[nH+]c3o2)cc1.[Br-]. The monoisotopic (exact) mass is 321 g/mol. The number of aromatic amines is 1. The molecule has 0 unspecified atom stereocenters. The van der Waals surface area contributed by atoms with E-state index in [9.17, 15) is 10.1 Å². The van der Waals surface area contributed by atoms with E-state index in [0.29, 0.717) is 22.7 Å². The van der Waals surface area contributed by atoms with Gasteiger partial charge in [-0.1, -0.05) is 0 Å². The molecule has 3 aromatic rings. The lowest BCUT2D eigenvalue weighted by molar-refractivity contribution is -0.384. The number of H-pyrrole nitrogens is 1. The van der Waals surface area contributed by atoms with Crippen LogP contribution in [-0.4, -0.2) is 9.91 Å². The molecule has 2 aromatic heterocycles. The average Bonchev–Trinajstić information content (AvgIpc) is 2.82. The van der Waals surface area contributed by atoms with E-state index in [4.69, 9.17) is 4.42 Å². The lowest BCUT2D eigenvalue weighted by atomic mass is 10.2. The van der Waals surface area contributed by atoms with E-state index in [1.807, 2.05) is 12.1 Å². The third-order valence-corrected chi connectivity index (χ3v) is 2.54. The van der Waals surface area contributed by atoms with Gasteiger partial charge in [0, 0.05) is 23.8 Å². The molecule has 0 fully saturated rings. The first-order valence-electron chi connectivity index (χ1n) is 5.26. The number of rotatable bonds is 2. The minimum Gasteiger partial charge on any atom is -1.00 e. The number of aromatic nitrogens is 2. The van der Waals surface area contributed by atoms with Gasteiger partial charge in [-0.3, -0.25) is 10.1 Å². The summed E-state index contributed by atoms with van der Waals surface area (Å²) < 4.78 is 5.52. The van der Waals surface area contributed by atoms with Gasteiger partial charge in [-0.15, -0.1) is 0 Å². The minimum absolute atomic E-state index is 0. The van der Waals surface area contributed by atoms with E-state index in [1.165, 1.54) is 12.1 Å². The Hall–Kier alpha value is -2.28. The van der Waals surface area contributed by atoms with Crippen LogP contribution >= 0.6 is 0 Å². The molecule has 0 saturated carbocycles. The van der Waals surface area contributed by atoms with Gasteiger partial charge in [-0.25, -0.2) is 4.98 Å².